The van der Waals surface area contributed by atoms with Gasteiger partial charge in [-0.2, -0.15) is 0 Å². The molecule has 3 nitrogen and oxygen atoms in total. The maximum absolute atomic E-state index is 12.2. The van der Waals surface area contributed by atoms with Crippen LogP contribution in [0.25, 0.3) is 11.1 Å². The molecule has 0 atom stereocenters. The van der Waals surface area contributed by atoms with Gasteiger partial charge in [-0.05, 0) is 41.7 Å². The van der Waals surface area contributed by atoms with E-state index in [-0.39, 0.29) is 0 Å². The highest BCUT2D eigenvalue weighted by atomic mass is 16.2. The summed E-state index contributed by atoms with van der Waals surface area (Å²) in [4.78, 5) is 26.1. The summed E-state index contributed by atoms with van der Waals surface area (Å²) in [6.07, 6.45) is 0. The Hall–Kier alpha value is -2.68. The second-order valence-electron chi connectivity index (χ2n) is 6.56. The van der Waals surface area contributed by atoms with E-state index in [1.807, 2.05) is 67.4 Å². The molecular formula is C21H21NO2. The Balaban J connectivity index is 2.04. The van der Waals surface area contributed by atoms with E-state index < -0.39 is 10.9 Å². The fraction of sp³-hybridized carbons (Fsp3) is 0.238. The quantitative estimate of drug-likeness (QED) is 0.678. The third kappa shape index (κ3) is 2.67. The average molecular weight is 319 g/mol. The van der Waals surface area contributed by atoms with Gasteiger partial charge < -0.3 is 4.90 Å². The standard InChI is InChI=1S/C21H21NO2/c1-13(2)15-8-10-16(11-9-15)18-19(21(24)20(18)23)22(4)17-7-5-6-14(3)12-17/h5-13H,1-4H3. The molecule has 0 bridgehead atoms. The lowest BCUT2D eigenvalue weighted by Crippen LogP contribution is -2.38. The van der Waals surface area contributed by atoms with E-state index in [9.17, 15) is 9.59 Å². The maximum atomic E-state index is 12.2. The third-order valence-electron chi connectivity index (χ3n) is 4.48. The molecule has 0 N–H and O–H groups in total. The molecular weight excluding hydrogens is 298 g/mol. The summed E-state index contributed by atoms with van der Waals surface area (Å²) >= 11 is 0. The highest BCUT2D eigenvalue weighted by Gasteiger charge is 2.26. The first-order valence-corrected chi connectivity index (χ1v) is 8.14. The summed E-state index contributed by atoms with van der Waals surface area (Å²) in [7, 11) is 1.83. The Morgan fingerprint density at radius 3 is 2.17 bits per heavy atom. The number of nitrogens with zero attached hydrogens (tertiary/aromatic N) is 1. The Morgan fingerprint density at radius 1 is 0.917 bits per heavy atom. The number of hydrogen-bond acceptors (Lipinski definition) is 3. The van der Waals surface area contributed by atoms with E-state index in [1.165, 1.54) is 5.56 Å². The zero-order valence-corrected chi connectivity index (χ0v) is 14.5. The highest BCUT2D eigenvalue weighted by Crippen LogP contribution is 2.31. The van der Waals surface area contributed by atoms with Gasteiger partial charge in [-0.25, -0.2) is 0 Å². The maximum Gasteiger partial charge on any atom is 0.250 e. The smallest absolute Gasteiger partial charge is 0.250 e. The normalized spacial score (nSPS) is 11.2. The molecule has 0 saturated heterocycles. The van der Waals surface area contributed by atoms with Gasteiger partial charge in [0.15, 0.2) is 0 Å². The van der Waals surface area contributed by atoms with E-state index in [0.29, 0.717) is 17.2 Å². The van der Waals surface area contributed by atoms with Crippen LogP contribution in [0.5, 0.6) is 0 Å². The first kappa shape index (κ1) is 16.2. The summed E-state index contributed by atoms with van der Waals surface area (Å²) in [5.41, 5.74) is 4.21. The van der Waals surface area contributed by atoms with Crippen molar-refractivity contribution in [3.05, 3.63) is 80.1 Å². The minimum atomic E-state index is -0.415. The van der Waals surface area contributed by atoms with Gasteiger partial charge in [-0.1, -0.05) is 50.2 Å². The van der Waals surface area contributed by atoms with E-state index >= 15 is 0 Å². The minimum absolute atomic E-state index is 0.401. The van der Waals surface area contributed by atoms with Crippen LogP contribution >= 0.6 is 0 Å². The van der Waals surface area contributed by atoms with Crippen LogP contribution in [-0.4, -0.2) is 7.05 Å². The minimum Gasteiger partial charge on any atom is -0.341 e. The summed E-state index contributed by atoms with van der Waals surface area (Å²) in [6.45, 7) is 6.26. The Morgan fingerprint density at radius 2 is 1.58 bits per heavy atom. The van der Waals surface area contributed by atoms with Gasteiger partial charge >= 0.3 is 0 Å². The second-order valence-corrected chi connectivity index (χ2v) is 6.56. The van der Waals surface area contributed by atoms with Crippen molar-refractivity contribution < 1.29 is 0 Å². The molecule has 24 heavy (non-hydrogen) atoms. The predicted octanol–water partition coefficient (Wildman–Crippen LogP) is 4.15. The molecule has 0 saturated carbocycles. The van der Waals surface area contributed by atoms with E-state index in [4.69, 9.17) is 0 Å². The van der Waals surface area contributed by atoms with Crippen molar-refractivity contribution in [1.82, 2.24) is 0 Å². The molecule has 0 aliphatic rings. The SMILES string of the molecule is Cc1cccc(N(C)c2c(-c3ccc(C(C)C)cc3)c(=O)c2=O)c1. The molecule has 3 rings (SSSR count). The van der Waals surface area contributed by atoms with Crippen LogP contribution in [0.1, 0.15) is 30.9 Å². The molecule has 3 aromatic rings. The zero-order chi connectivity index (χ0) is 17.4. The van der Waals surface area contributed by atoms with Crippen molar-refractivity contribution in [2.75, 3.05) is 11.9 Å². The van der Waals surface area contributed by atoms with E-state index in [2.05, 4.69) is 13.8 Å². The van der Waals surface area contributed by atoms with Gasteiger partial charge in [0, 0.05) is 12.7 Å². The third-order valence-corrected chi connectivity index (χ3v) is 4.48. The molecule has 0 spiro atoms. The van der Waals surface area contributed by atoms with E-state index in [1.54, 1.807) is 0 Å². The molecule has 0 aromatic heterocycles. The summed E-state index contributed by atoms with van der Waals surface area (Å²) in [5.74, 6) is 0.432. The van der Waals surface area contributed by atoms with E-state index in [0.717, 1.165) is 16.8 Å². The van der Waals surface area contributed by atoms with Gasteiger partial charge in [0.2, 0.25) is 5.43 Å². The van der Waals surface area contributed by atoms with Crippen LogP contribution in [0, 0.1) is 6.92 Å². The summed E-state index contributed by atoms with van der Waals surface area (Å²) in [6, 6.07) is 15.8. The Bertz CT molecular complexity index is 945. The van der Waals surface area contributed by atoms with Crippen LogP contribution in [0.3, 0.4) is 0 Å². The molecule has 0 aliphatic carbocycles. The predicted molar refractivity (Wildman–Crippen MR) is 100 cm³/mol. The lowest BCUT2D eigenvalue weighted by atomic mass is 9.94. The molecule has 0 radical (unpaired) electrons. The lowest BCUT2D eigenvalue weighted by molar-refractivity contribution is 0.867. The molecule has 0 aliphatic heterocycles. The van der Waals surface area contributed by atoms with Gasteiger partial charge in [0.1, 0.15) is 5.69 Å². The molecule has 122 valence electrons. The molecule has 3 aromatic carbocycles. The Labute approximate surface area is 141 Å². The molecule has 0 unspecified atom stereocenters. The van der Waals surface area contributed by atoms with Crippen molar-refractivity contribution >= 4 is 11.4 Å². The fourth-order valence-corrected chi connectivity index (χ4v) is 2.97. The van der Waals surface area contributed by atoms with Crippen LogP contribution in [0.15, 0.2) is 58.1 Å². The van der Waals surface area contributed by atoms with Crippen molar-refractivity contribution in [2.24, 2.45) is 0 Å². The molecule has 0 fully saturated rings. The van der Waals surface area contributed by atoms with Gasteiger partial charge in [-0.3, -0.25) is 9.59 Å². The van der Waals surface area contributed by atoms with Crippen LogP contribution in [-0.2, 0) is 0 Å². The first-order valence-electron chi connectivity index (χ1n) is 8.14. The highest BCUT2D eigenvalue weighted by molar-refractivity contribution is 5.85. The van der Waals surface area contributed by atoms with Crippen LogP contribution in [0.2, 0.25) is 0 Å². The van der Waals surface area contributed by atoms with Gasteiger partial charge in [-0.15, -0.1) is 0 Å². The lowest BCUT2D eigenvalue weighted by Gasteiger charge is -2.24. The number of hydrogen-bond donors (Lipinski definition) is 0. The molecule has 0 heterocycles. The monoisotopic (exact) mass is 319 g/mol. The van der Waals surface area contributed by atoms with Crippen LogP contribution < -0.4 is 15.8 Å². The van der Waals surface area contributed by atoms with Crippen molar-refractivity contribution in [1.29, 1.82) is 0 Å². The summed E-state index contributed by atoms with van der Waals surface area (Å²) in [5, 5.41) is 0. The number of anilines is 2. The van der Waals surface area contributed by atoms with Gasteiger partial charge in [0.05, 0.1) is 5.56 Å². The van der Waals surface area contributed by atoms with Crippen molar-refractivity contribution in [2.45, 2.75) is 26.7 Å². The molecule has 3 heteroatoms. The summed E-state index contributed by atoms with van der Waals surface area (Å²) < 4.78 is 0. The molecule has 0 amide bonds. The largest absolute Gasteiger partial charge is 0.341 e. The fourth-order valence-electron chi connectivity index (χ4n) is 2.97. The number of rotatable bonds is 4. The number of benzene rings is 2. The van der Waals surface area contributed by atoms with Crippen LogP contribution in [0.4, 0.5) is 11.4 Å². The van der Waals surface area contributed by atoms with Crippen molar-refractivity contribution in [3.63, 3.8) is 0 Å². The Kier molecular flexibility index (Phi) is 4.10. The second kappa shape index (κ2) is 6.08. The topological polar surface area (TPSA) is 37.4 Å². The zero-order valence-electron chi connectivity index (χ0n) is 14.5. The first-order chi connectivity index (χ1) is 11.4. The van der Waals surface area contributed by atoms with Crippen molar-refractivity contribution in [3.8, 4) is 11.1 Å². The average Bonchev–Trinajstić information content (AvgIpc) is 2.58. The van der Waals surface area contributed by atoms with Gasteiger partial charge in [0.25, 0.3) is 5.43 Å². The number of aryl methyl sites for hydroxylation is 1.